The summed E-state index contributed by atoms with van der Waals surface area (Å²) < 4.78 is 78.5. The number of carbonyl (C=O) groups is 1. The van der Waals surface area contributed by atoms with E-state index < -0.39 is 46.7 Å². The topological polar surface area (TPSA) is 76.1 Å². The summed E-state index contributed by atoms with van der Waals surface area (Å²) in [5.41, 5.74) is 0.269. The molecule has 208 valence electrons. The van der Waals surface area contributed by atoms with E-state index in [-0.39, 0.29) is 17.2 Å². The van der Waals surface area contributed by atoms with E-state index >= 15 is 0 Å². The smallest absolute Gasteiger partial charge is 0.389 e. The van der Waals surface area contributed by atoms with Crippen molar-refractivity contribution in [2.75, 3.05) is 24.7 Å². The van der Waals surface area contributed by atoms with E-state index in [1.165, 1.54) is 24.9 Å². The molecule has 1 heterocycles. The predicted octanol–water partition coefficient (Wildman–Crippen LogP) is 6.13. The van der Waals surface area contributed by atoms with Crippen molar-refractivity contribution in [3.05, 3.63) is 54.8 Å². The Morgan fingerprint density at radius 3 is 2.39 bits per heavy atom. The number of para-hydroxylation sites is 1. The quantitative estimate of drug-likeness (QED) is 0.171. The number of benzene rings is 2. The number of rotatable bonds is 7. The number of anilines is 2. The summed E-state index contributed by atoms with van der Waals surface area (Å²) in [4.78, 5) is 14.2. The lowest BCUT2D eigenvalue weighted by Crippen LogP contribution is -2.41. The fraction of sp³-hybridized carbons (Fsp3) is 0.423. The number of hydrogen-bond acceptors (Lipinski definition) is 7. The lowest BCUT2D eigenvalue weighted by molar-refractivity contribution is -0.148. The van der Waals surface area contributed by atoms with Gasteiger partial charge in [0, 0.05) is 37.8 Å². The van der Waals surface area contributed by atoms with Crippen LogP contribution >= 0.6 is 11.8 Å². The van der Waals surface area contributed by atoms with Crippen LogP contribution in [0.2, 0.25) is 0 Å². The van der Waals surface area contributed by atoms with Crippen molar-refractivity contribution in [1.82, 2.24) is 4.31 Å². The van der Waals surface area contributed by atoms with Gasteiger partial charge >= 0.3 is 12.1 Å². The number of likely N-dealkylation sites (N-methyl/N-ethyl adjacent to an activating group) is 1. The van der Waals surface area contributed by atoms with Crippen molar-refractivity contribution < 1.29 is 35.9 Å². The Bertz CT molecular complexity index is 1280. The summed E-state index contributed by atoms with van der Waals surface area (Å²) in [7, 11) is -2.92. The molecule has 0 amide bonds. The molecule has 0 bridgehead atoms. The SMILES string of the molecule is CSc1cc2c(cc1O/C=C/C(=O)OC(C)(C)C)S(=O)(=O)N(C)C(CCC(F)(F)F)CN2c1ccccc1. The van der Waals surface area contributed by atoms with Gasteiger partial charge in [0.05, 0.1) is 22.9 Å². The highest BCUT2D eigenvalue weighted by Crippen LogP contribution is 2.43. The number of alkyl halides is 3. The molecule has 0 aromatic heterocycles. The number of thioether (sulfide) groups is 1. The zero-order valence-electron chi connectivity index (χ0n) is 21.8. The van der Waals surface area contributed by atoms with Crippen LogP contribution in [0.25, 0.3) is 0 Å². The Morgan fingerprint density at radius 1 is 1.16 bits per heavy atom. The Hall–Kier alpha value is -2.70. The largest absolute Gasteiger partial charge is 0.464 e. The van der Waals surface area contributed by atoms with Crippen molar-refractivity contribution in [3.8, 4) is 5.75 Å². The maximum absolute atomic E-state index is 13.7. The first kappa shape index (κ1) is 29.9. The first-order valence-corrected chi connectivity index (χ1v) is 14.4. The monoisotopic (exact) mass is 572 g/mol. The van der Waals surface area contributed by atoms with Crippen LogP contribution in [0.1, 0.15) is 33.6 Å². The van der Waals surface area contributed by atoms with Crippen molar-refractivity contribution in [2.45, 2.75) is 61.2 Å². The first-order valence-electron chi connectivity index (χ1n) is 11.8. The Kier molecular flexibility index (Phi) is 9.10. The van der Waals surface area contributed by atoms with Gasteiger partial charge in [0.25, 0.3) is 0 Å². The van der Waals surface area contributed by atoms with Gasteiger partial charge in [-0.1, -0.05) is 18.2 Å². The highest BCUT2D eigenvalue weighted by Gasteiger charge is 2.39. The van der Waals surface area contributed by atoms with E-state index in [4.69, 9.17) is 9.47 Å². The molecule has 0 radical (unpaired) electrons. The van der Waals surface area contributed by atoms with Crippen LogP contribution in [-0.2, 0) is 19.6 Å². The Balaban J connectivity index is 2.08. The van der Waals surface area contributed by atoms with E-state index in [0.717, 1.165) is 16.6 Å². The summed E-state index contributed by atoms with van der Waals surface area (Å²) in [5.74, 6) is -0.456. The molecule has 2 aromatic rings. The maximum atomic E-state index is 13.7. The molecule has 1 aliphatic heterocycles. The molecule has 38 heavy (non-hydrogen) atoms. The number of ether oxygens (including phenoxy) is 2. The molecule has 2 aromatic carbocycles. The van der Waals surface area contributed by atoms with Gasteiger partial charge in [-0.15, -0.1) is 11.8 Å². The van der Waals surface area contributed by atoms with Gasteiger partial charge in [-0.05, 0) is 51.6 Å². The third-order valence-corrected chi connectivity index (χ3v) is 8.43. The van der Waals surface area contributed by atoms with Gasteiger partial charge in [0.15, 0.2) is 0 Å². The number of carbonyl (C=O) groups excluding carboxylic acids is 1. The second-order valence-electron chi connectivity index (χ2n) is 9.70. The summed E-state index contributed by atoms with van der Waals surface area (Å²) >= 11 is 1.30. The molecule has 0 fully saturated rings. The third kappa shape index (κ3) is 7.45. The van der Waals surface area contributed by atoms with Crippen LogP contribution in [0.15, 0.2) is 64.6 Å². The van der Waals surface area contributed by atoms with Gasteiger partial charge in [-0.25, -0.2) is 13.2 Å². The number of fused-ring (bicyclic) bond motifs is 1. The number of nitrogens with zero attached hydrogens (tertiary/aromatic N) is 2. The number of hydrogen-bond donors (Lipinski definition) is 0. The standard InChI is InChI=1S/C26H31F3N2O5S2/c1-25(2,3)36-24(32)12-14-35-21-16-23-20(15-22(21)37-5)31(18-9-7-6-8-10-18)17-19(11-13-26(27,28)29)30(4)38(23,33)34/h6-10,12,14-16,19H,11,13,17H2,1-5H3/b14-12+. The van der Waals surface area contributed by atoms with Crippen LogP contribution in [0.5, 0.6) is 5.75 Å². The molecule has 1 atom stereocenters. The average molecular weight is 573 g/mol. The third-order valence-electron chi connectivity index (χ3n) is 5.74. The fourth-order valence-corrected chi connectivity index (χ4v) is 6.03. The van der Waals surface area contributed by atoms with Crippen molar-refractivity contribution >= 4 is 39.1 Å². The minimum Gasteiger partial charge on any atom is -0.464 e. The molecule has 3 rings (SSSR count). The molecule has 7 nitrogen and oxygen atoms in total. The maximum Gasteiger partial charge on any atom is 0.389 e. The molecule has 0 aliphatic carbocycles. The molecule has 1 aliphatic rings. The Labute approximate surface area is 225 Å². The molecular formula is C26H31F3N2O5S2. The van der Waals surface area contributed by atoms with Crippen molar-refractivity contribution in [1.29, 1.82) is 0 Å². The lowest BCUT2D eigenvalue weighted by atomic mass is 10.1. The highest BCUT2D eigenvalue weighted by molar-refractivity contribution is 7.98. The van der Waals surface area contributed by atoms with Gasteiger partial charge in [0.2, 0.25) is 10.0 Å². The normalized spacial score (nSPS) is 18.2. The van der Waals surface area contributed by atoms with E-state index in [1.54, 1.807) is 68.3 Å². The first-order chi connectivity index (χ1) is 17.6. The average Bonchev–Trinajstić information content (AvgIpc) is 2.89. The second kappa shape index (κ2) is 11.6. The van der Waals surface area contributed by atoms with Crippen LogP contribution in [0.3, 0.4) is 0 Å². The molecule has 0 spiro atoms. The van der Waals surface area contributed by atoms with Gasteiger partial charge in [0.1, 0.15) is 16.2 Å². The van der Waals surface area contributed by atoms with Crippen LogP contribution in [0.4, 0.5) is 24.5 Å². The number of halogens is 3. The summed E-state index contributed by atoms with van der Waals surface area (Å²) in [6, 6.07) is 10.9. The number of esters is 1. The summed E-state index contributed by atoms with van der Waals surface area (Å²) in [5, 5.41) is 0. The van der Waals surface area contributed by atoms with Gasteiger partial charge in [-0.3, -0.25) is 0 Å². The molecule has 0 N–H and O–H groups in total. The predicted molar refractivity (Wildman–Crippen MR) is 141 cm³/mol. The molecular weight excluding hydrogens is 541 g/mol. The summed E-state index contributed by atoms with van der Waals surface area (Å²) in [6.45, 7) is 5.19. The van der Waals surface area contributed by atoms with E-state index in [9.17, 15) is 26.4 Å². The molecule has 12 heteroatoms. The van der Waals surface area contributed by atoms with Crippen LogP contribution in [-0.4, -0.2) is 56.4 Å². The van der Waals surface area contributed by atoms with Crippen molar-refractivity contribution in [2.24, 2.45) is 0 Å². The van der Waals surface area contributed by atoms with E-state index in [1.807, 2.05) is 0 Å². The second-order valence-corrected chi connectivity index (χ2v) is 12.5. The van der Waals surface area contributed by atoms with Gasteiger partial charge in [-0.2, -0.15) is 17.5 Å². The zero-order valence-corrected chi connectivity index (χ0v) is 23.4. The minimum absolute atomic E-state index is 0.0232. The Morgan fingerprint density at radius 2 is 1.82 bits per heavy atom. The van der Waals surface area contributed by atoms with E-state index in [2.05, 4.69) is 0 Å². The number of sulfonamides is 1. The zero-order chi connectivity index (χ0) is 28.3. The minimum atomic E-state index is -4.42. The fourth-order valence-electron chi connectivity index (χ4n) is 3.93. The van der Waals surface area contributed by atoms with Crippen LogP contribution in [0, 0.1) is 0 Å². The van der Waals surface area contributed by atoms with Crippen LogP contribution < -0.4 is 9.64 Å². The van der Waals surface area contributed by atoms with Crippen molar-refractivity contribution in [3.63, 3.8) is 0 Å². The molecule has 1 unspecified atom stereocenters. The van der Waals surface area contributed by atoms with Gasteiger partial charge < -0.3 is 14.4 Å². The highest BCUT2D eigenvalue weighted by atomic mass is 32.2. The molecule has 0 saturated carbocycles. The summed E-state index contributed by atoms with van der Waals surface area (Å²) in [6.07, 6.45) is -1.95. The molecule has 0 saturated heterocycles. The lowest BCUT2D eigenvalue weighted by Gasteiger charge is -2.30. The van der Waals surface area contributed by atoms with E-state index in [0.29, 0.717) is 16.3 Å².